The fourth-order valence-corrected chi connectivity index (χ4v) is 1.56. The minimum atomic E-state index is -1.13. The minimum absolute atomic E-state index is 0.0754. The SMILES string of the molecule is Cc1cnc(C(=O)NC(Cc2cnc[nH]2)C(=O)O)cn1. The first kappa shape index (κ1) is 13.7. The second-order valence-electron chi connectivity index (χ2n) is 4.19. The molecule has 0 aliphatic heterocycles. The van der Waals surface area contributed by atoms with Gasteiger partial charge in [0.15, 0.2) is 0 Å². The number of hydrogen-bond acceptors (Lipinski definition) is 5. The molecule has 0 saturated heterocycles. The summed E-state index contributed by atoms with van der Waals surface area (Å²) in [6.45, 7) is 1.74. The Labute approximate surface area is 114 Å². The zero-order valence-electron chi connectivity index (χ0n) is 10.7. The van der Waals surface area contributed by atoms with E-state index in [2.05, 4.69) is 25.3 Å². The summed E-state index contributed by atoms with van der Waals surface area (Å²) in [6.07, 6.45) is 5.81. The molecule has 3 N–H and O–H groups in total. The summed E-state index contributed by atoms with van der Waals surface area (Å²) in [6, 6.07) is -1.06. The standard InChI is InChI=1S/C12H13N5O3/c1-7-3-15-10(5-14-7)11(18)17-9(12(19)20)2-8-4-13-6-16-8/h3-6,9H,2H2,1H3,(H,13,16)(H,17,18)(H,19,20). The van der Waals surface area contributed by atoms with Gasteiger partial charge < -0.3 is 15.4 Å². The lowest BCUT2D eigenvalue weighted by Gasteiger charge is -2.13. The molecular weight excluding hydrogens is 262 g/mol. The molecule has 20 heavy (non-hydrogen) atoms. The molecule has 0 bridgehead atoms. The summed E-state index contributed by atoms with van der Waals surface area (Å²) in [5.74, 6) is -1.71. The van der Waals surface area contributed by atoms with E-state index >= 15 is 0 Å². The lowest BCUT2D eigenvalue weighted by molar-refractivity contribution is -0.139. The van der Waals surface area contributed by atoms with Gasteiger partial charge in [-0.15, -0.1) is 0 Å². The van der Waals surface area contributed by atoms with Crippen molar-refractivity contribution in [2.24, 2.45) is 0 Å². The van der Waals surface area contributed by atoms with Crippen LogP contribution in [0.2, 0.25) is 0 Å². The summed E-state index contributed by atoms with van der Waals surface area (Å²) in [7, 11) is 0. The molecule has 0 spiro atoms. The maximum atomic E-state index is 11.9. The van der Waals surface area contributed by atoms with Crippen molar-refractivity contribution in [3.8, 4) is 0 Å². The average molecular weight is 275 g/mol. The van der Waals surface area contributed by atoms with Crippen LogP contribution >= 0.6 is 0 Å². The zero-order chi connectivity index (χ0) is 14.5. The van der Waals surface area contributed by atoms with Crippen molar-refractivity contribution in [1.29, 1.82) is 0 Å². The van der Waals surface area contributed by atoms with E-state index < -0.39 is 17.9 Å². The van der Waals surface area contributed by atoms with E-state index in [-0.39, 0.29) is 12.1 Å². The predicted molar refractivity (Wildman–Crippen MR) is 68.0 cm³/mol. The highest BCUT2D eigenvalue weighted by Crippen LogP contribution is 2.01. The van der Waals surface area contributed by atoms with Gasteiger partial charge in [0.05, 0.1) is 18.2 Å². The van der Waals surface area contributed by atoms with Crippen LogP contribution in [0.5, 0.6) is 0 Å². The molecule has 0 saturated carbocycles. The van der Waals surface area contributed by atoms with Crippen molar-refractivity contribution in [3.63, 3.8) is 0 Å². The van der Waals surface area contributed by atoms with Crippen molar-refractivity contribution >= 4 is 11.9 Å². The number of aryl methyl sites for hydroxylation is 1. The van der Waals surface area contributed by atoms with E-state index in [1.54, 1.807) is 6.92 Å². The minimum Gasteiger partial charge on any atom is -0.480 e. The molecule has 0 fully saturated rings. The molecule has 2 rings (SSSR count). The highest BCUT2D eigenvalue weighted by molar-refractivity contribution is 5.94. The number of amides is 1. The number of aromatic amines is 1. The largest absolute Gasteiger partial charge is 0.480 e. The van der Waals surface area contributed by atoms with Crippen LogP contribution < -0.4 is 5.32 Å². The molecule has 1 amide bonds. The number of carbonyl (C=O) groups excluding carboxylic acids is 1. The molecule has 1 atom stereocenters. The normalized spacial score (nSPS) is 11.8. The van der Waals surface area contributed by atoms with E-state index in [4.69, 9.17) is 5.11 Å². The van der Waals surface area contributed by atoms with Crippen LogP contribution in [0, 0.1) is 6.92 Å². The van der Waals surface area contributed by atoms with E-state index in [1.807, 2.05) is 0 Å². The first-order valence-electron chi connectivity index (χ1n) is 5.86. The van der Waals surface area contributed by atoms with Gasteiger partial charge in [-0.1, -0.05) is 0 Å². The van der Waals surface area contributed by atoms with Crippen molar-refractivity contribution in [3.05, 3.63) is 42.0 Å². The number of H-pyrrole nitrogens is 1. The third-order valence-electron chi connectivity index (χ3n) is 2.60. The van der Waals surface area contributed by atoms with Crippen molar-refractivity contribution < 1.29 is 14.7 Å². The average Bonchev–Trinajstić information content (AvgIpc) is 2.91. The number of imidazole rings is 1. The van der Waals surface area contributed by atoms with Gasteiger partial charge >= 0.3 is 5.97 Å². The van der Waals surface area contributed by atoms with E-state index in [0.29, 0.717) is 11.4 Å². The van der Waals surface area contributed by atoms with E-state index in [0.717, 1.165) is 0 Å². The lowest BCUT2D eigenvalue weighted by Crippen LogP contribution is -2.42. The van der Waals surface area contributed by atoms with Gasteiger partial charge in [0.25, 0.3) is 5.91 Å². The molecule has 8 heteroatoms. The van der Waals surface area contributed by atoms with Crippen molar-refractivity contribution in [2.75, 3.05) is 0 Å². The number of carbonyl (C=O) groups is 2. The van der Waals surface area contributed by atoms with Gasteiger partial charge in [-0.3, -0.25) is 9.78 Å². The summed E-state index contributed by atoms with van der Waals surface area (Å²) < 4.78 is 0. The Morgan fingerprint density at radius 1 is 1.35 bits per heavy atom. The predicted octanol–water partition coefficient (Wildman–Crippen LogP) is -0.0662. The molecule has 104 valence electrons. The highest BCUT2D eigenvalue weighted by atomic mass is 16.4. The van der Waals surface area contributed by atoms with Gasteiger partial charge in [0, 0.05) is 24.5 Å². The van der Waals surface area contributed by atoms with E-state index in [1.165, 1.54) is 24.9 Å². The second-order valence-corrected chi connectivity index (χ2v) is 4.19. The first-order valence-corrected chi connectivity index (χ1v) is 5.86. The smallest absolute Gasteiger partial charge is 0.326 e. The monoisotopic (exact) mass is 275 g/mol. The molecule has 2 aromatic rings. The summed E-state index contributed by atoms with van der Waals surface area (Å²) in [5.41, 5.74) is 1.37. The third kappa shape index (κ3) is 3.37. The summed E-state index contributed by atoms with van der Waals surface area (Å²) >= 11 is 0. The number of aromatic nitrogens is 4. The Balaban J connectivity index is 2.06. The fourth-order valence-electron chi connectivity index (χ4n) is 1.56. The number of carboxylic acid groups (broad SMARTS) is 1. The molecule has 0 aliphatic rings. The van der Waals surface area contributed by atoms with Crippen LogP contribution in [0.3, 0.4) is 0 Å². The number of carboxylic acids is 1. The topological polar surface area (TPSA) is 121 Å². The number of rotatable bonds is 5. The van der Waals surface area contributed by atoms with Crippen LogP contribution in [0.1, 0.15) is 21.9 Å². The molecule has 8 nitrogen and oxygen atoms in total. The van der Waals surface area contributed by atoms with Crippen molar-refractivity contribution in [1.82, 2.24) is 25.3 Å². The summed E-state index contributed by atoms with van der Waals surface area (Å²) in [4.78, 5) is 37.5. The Bertz CT molecular complexity index is 594. The van der Waals surface area contributed by atoms with E-state index in [9.17, 15) is 9.59 Å². The molecule has 2 aromatic heterocycles. The number of nitrogens with zero attached hydrogens (tertiary/aromatic N) is 3. The highest BCUT2D eigenvalue weighted by Gasteiger charge is 2.22. The van der Waals surface area contributed by atoms with Gasteiger partial charge in [-0.05, 0) is 6.92 Å². The lowest BCUT2D eigenvalue weighted by atomic mass is 10.1. The van der Waals surface area contributed by atoms with Crippen LogP contribution in [0.25, 0.3) is 0 Å². The Morgan fingerprint density at radius 3 is 2.70 bits per heavy atom. The van der Waals surface area contributed by atoms with Crippen molar-refractivity contribution in [2.45, 2.75) is 19.4 Å². The Kier molecular flexibility index (Phi) is 4.04. The first-order chi connectivity index (χ1) is 9.56. The van der Waals surface area contributed by atoms with Gasteiger partial charge in [0.2, 0.25) is 0 Å². The molecule has 0 aromatic carbocycles. The zero-order valence-corrected chi connectivity index (χ0v) is 10.7. The van der Waals surface area contributed by atoms with Gasteiger partial charge in [0.1, 0.15) is 11.7 Å². The fraction of sp³-hybridized carbons (Fsp3) is 0.250. The number of aliphatic carboxylic acids is 1. The maximum absolute atomic E-state index is 11.9. The molecule has 1 unspecified atom stereocenters. The Hall–Kier alpha value is -2.77. The third-order valence-corrected chi connectivity index (χ3v) is 2.60. The molecular formula is C12H13N5O3. The quantitative estimate of drug-likeness (QED) is 0.702. The van der Waals surface area contributed by atoms with Gasteiger partial charge in [-0.2, -0.15) is 0 Å². The number of hydrogen-bond donors (Lipinski definition) is 3. The molecule has 2 heterocycles. The maximum Gasteiger partial charge on any atom is 0.326 e. The Morgan fingerprint density at radius 2 is 2.15 bits per heavy atom. The second kappa shape index (κ2) is 5.91. The van der Waals surface area contributed by atoms with Crippen LogP contribution in [-0.4, -0.2) is 43.0 Å². The number of nitrogens with one attached hydrogen (secondary N) is 2. The van der Waals surface area contributed by atoms with Gasteiger partial charge in [-0.25, -0.2) is 14.8 Å². The van der Waals surface area contributed by atoms with Crippen LogP contribution in [0.15, 0.2) is 24.9 Å². The molecule has 0 aliphatic carbocycles. The van der Waals surface area contributed by atoms with Crippen LogP contribution in [-0.2, 0) is 11.2 Å². The summed E-state index contributed by atoms with van der Waals surface area (Å²) in [5, 5.41) is 11.5. The van der Waals surface area contributed by atoms with Crippen LogP contribution in [0.4, 0.5) is 0 Å². The molecule has 0 radical (unpaired) electrons.